The van der Waals surface area contributed by atoms with Gasteiger partial charge in [0, 0.05) is 33.1 Å². The minimum absolute atomic E-state index is 0.108. The van der Waals surface area contributed by atoms with E-state index in [4.69, 9.17) is 4.74 Å². The van der Waals surface area contributed by atoms with Crippen LogP contribution < -0.4 is 10.1 Å². The Morgan fingerprint density at radius 2 is 2.08 bits per heavy atom. The Hall–Kier alpha value is -2.64. The van der Waals surface area contributed by atoms with E-state index >= 15 is 0 Å². The van der Waals surface area contributed by atoms with Gasteiger partial charge in [-0.25, -0.2) is 4.39 Å². The molecule has 0 aliphatic carbocycles. The summed E-state index contributed by atoms with van der Waals surface area (Å²) in [6, 6.07) is 5.01. The molecule has 1 N–H and O–H groups in total. The summed E-state index contributed by atoms with van der Waals surface area (Å²) in [6.45, 7) is 2.34. The maximum absolute atomic E-state index is 13.1. The van der Waals surface area contributed by atoms with Gasteiger partial charge in [-0.15, -0.1) is 0 Å². The molecule has 1 aromatic carbocycles. The Bertz CT molecular complexity index is 653. The van der Waals surface area contributed by atoms with Gasteiger partial charge in [0.15, 0.2) is 0 Å². The van der Waals surface area contributed by atoms with Crippen LogP contribution in [0.25, 0.3) is 0 Å². The summed E-state index contributed by atoms with van der Waals surface area (Å²) in [5.41, 5.74) is 0. The lowest BCUT2D eigenvalue weighted by Gasteiger charge is -2.40. The highest BCUT2D eigenvalue weighted by atomic mass is 19.1. The second kappa shape index (κ2) is 8.46. The van der Waals surface area contributed by atoms with Crippen LogP contribution in [0.3, 0.4) is 0 Å². The van der Waals surface area contributed by atoms with Crippen LogP contribution in [-0.4, -0.2) is 66.9 Å². The van der Waals surface area contributed by atoms with E-state index in [1.54, 1.807) is 11.0 Å². The molecule has 1 fully saturated rings. The van der Waals surface area contributed by atoms with Gasteiger partial charge in [-0.1, -0.05) is 6.07 Å². The zero-order chi connectivity index (χ0) is 18.4. The van der Waals surface area contributed by atoms with Gasteiger partial charge in [-0.05, 0) is 12.1 Å². The number of piperazine rings is 1. The fourth-order valence-electron chi connectivity index (χ4n) is 2.75. The lowest BCUT2D eigenvalue weighted by Crippen LogP contribution is -2.60. The van der Waals surface area contributed by atoms with Gasteiger partial charge >= 0.3 is 0 Å². The number of hydrogen-bond acceptors (Lipinski definition) is 4. The van der Waals surface area contributed by atoms with E-state index in [2.05, 4.69) is 5.32 Å². The molecule has 1 saturated heterocycles. The average Bonchev–Trinajstić information content (AvgIpc) is 2.60. The lowest BCUT2D eigenvalue weighted by atomic mass is 10.1. The summed E-state index contributed by atoms with van der Waals surface area (Å²) in [5.74, 6) is -0.720. The Morgan fingerprint density at radius 1 is 1.32 bits per heavy atom. The van der Waals surface area contributed by atoms with Crippen LogP contribution in [0.15, 0.2) is 24.3 Å². The molecule has 0 saturated carbocycles. The molecule has 0 bridgehead atoms. The van der Waals surface area contributed by atoms with Crippen LogP contribution in [0.5, 0.6) is 5.75 Å². The van der Waals surface area contributed by atoms with E-state index in [1.165, 1.54) is 37.1 Å². The van der Waals surface area contributed by atoms with Crippen molar-refractivity contribution in [1.82, 2.24) is 15.1 Å². The van der Waals surface area contributed by atoms with Crippen molar-refractivity contribution in [2.24, 2.45) is 0 Å². The minimum Gasteiger partial charge on any atom is -0.493 e. The number of halogens is 1. The van der Waals surface area contributed by atoms with E-state index in [0.29, 0.717) is 18.8 Å². The molecule has 136 valence electrons. The first-order chi connectivity index (χ1) is 11.9. The highest BCUT2D eigenvalue weighted by molar-refractivity contribution is 5.88. The van der Waals surface area contributed by atoms with Crippen molar-refractivity contribution in [3.05, 3.63) is 30.1 Å². The number of likely N-dealkylation sites (N-methyl/N-ethyl adjacent to an activating group) is 1. The minimum atomic E-state index is -0.690. The molecule has 3 amide bonds. The van der Waals surface area contributed by atoms with Crippen LogP contribution in [0.2, 0.25) is 0 Å². The molecule has 1 heterocycles. The van der Waals surface area contributed by atoms with Gasteiger partial charge in [0.25, 0.3) is 0 Å². The monoisotopic (exact) mass is 351 g/mol. The molecule has 0 spiro atoms. The van der Waals surface area contributed by atoms with Crippen molar-refractivity contribution >= 4 is 17.7 Å². The third-order valence-corrected chi connectivity index (χ3v) is 4.07. The zero-order valence-electron chi connectivity index (χ0n) is 14.3. The van der Waals surface area contributed by atoms with Gasteiger partial charge in [0.05, 0.1) is 19.6 Å². The van der Waals surface area contributed by atoms with E-state index in [0.717, 1.165) is 0 Å². The van der Waals surface area contributed by atoms with Crippen molar-refractivity contribution in [2.75, 3.05) is 33.3 Å². The Balaban J connectivity index is 1.89. The molecule has 7 nitrogen and oxygen atoms in total. The standard InChI is InChI=1S/C17H22FN3O4/c1-12(22)21-8-7-20(11-15(21)17(24)19-2)16(23)6-9-25-14-5-3-4-13(18)10-14/h3-5,10,15H,6-9,11H2,1-2H3,(H,19,24)/t15-/m1/s1. The molecule has 1 aromatic rings. The second-order valence-electron chi connectivity index (χ2n) is 5.74. The normalized spacial score (nSPS) is 17.2. The van der Waals surface area contributed by atoms with Gasteiger partial charge in [0.2, 0.25) is 17.7 Å². The van der Waals surface area contributed by atoms with Crippen molar-refractivity contribution in [1.29, 1.82) is 0 Å². The summed E-state index contributed by atoms with van der Waals surface area (Å²) in [5, 5.41) is 2.52. The number of carbonyl (C=O) groups excluding carboxylic acids is 3. The van der Waals surface area contributed by atoms with E-state index in [1.807, 2.05) is 0 Å². The molecule has 0 radical (unpaired) electrons. The Kier molecular flexibility index (Phi) is 6.32. The average molecular weight is 351 g/mol. The Labute approximate surface area is 145 Å². The fourth-order valence-corrected chi connectivity index (χ4v) is 2.75. The van der Waals surface area contributed by atoms with E-state index < -0.39 is 11.9 Å². The van der Waals surface area contributed by atoms with Crippen LogP contribution in [-0.2, 0) is 14.4 Å². The quantitative estimate of drug-likeness (QED) is 0.833. The maximum Gasteiger partial charge on any atom is 0.244 e. The summed E-state index contributed by atoms with van der Waals surface area (Å²) in [4.78, 5) is 39.0. The van der Waals surface area contributed by atoms with Crippen LogP contribution in [0.4, 0.5) is 4.39 Å². The highest BCUT2D eigenvalue weighted by Gasteiger charge is 2.34. The number of hydrogen-bond donors (Lipinski definition) is 1. The third-order valence-electron chi connectivity index (χ3n) is 4.07. The number of rotatable bonds is 5. The SMILES string of the molecule is CNC(=O)[C@H]1CN(C(=O)CCOc2cccc(F)c2)CCN1C(C)=O. The van der Waals surface area contributed by atoms with Crippen LogP contribution in [0, 0.1) is 5.82 Å². The largest absolute Gasteiger partial charge is 0.493 e. The van der Waals surface area contributed by atoms with Crippen molar-refractivity contribution < 1.29 is 23.5 Å². The van der Waals surface area contributed by atoms with Gasteiger partial charge in [0.1, 0.15) is 17.6 Å². The zero-order valence-corrected chi connectivity index (χ0v) is 14.3. The predicted molar refractivity (Wildman–Crippen MR) is 88.3 cm³/mol. The smallest absolute Gasteiger partial charge is 0.244 e. The molecule has 8 heteroatoms. The molecular weight excluding hydrogens is 329 g/mol. The fraction of sp³-hybridized carbons (Fsp3) is 0.471. The highest BCUT2D eigenvalue weighted by Crippen LogP contribution is 2.14. The number of nitrogens with zero attached hydrogens (tertiary/aromatic N) is 2. The van der Waals surface area contributed by atoms with Crippen LogP contribution >= 0.6 is 0 Å². The van der Waals surface area contributed by atoms with E-state index in [9.17, 15) is 18.8 Å². The summed E-state index contributed by atoms with van der Waals surface area (Å²) < 4.78 is 18.4. The molecule has 1 atom stereocenters. The first-order valence-corrected chi connectivity index (χ1v) is 8.07. The molecule has 0 aromatic heterocycles. The number of carbonyl (C=O) groups is 3. The van der Waals surface area contributed by atoms with E-state index in [-0.39, 0.29) is 37.3 Å². The second-order valence-corrected chi connectivity index (χ2v) is 5.74. The summed E-state index contributed by atoms with van der Waals surface area (Å²) >= 11 is 0. The maximum atomic E-state index is 13.1. The van der Waals surface area contributed by atoms with Gasteiger partial charge in [-0.2, -0.15) is 0 Å². The third kappa shape index (κ3) is 4.91. The van der Waals surface area contributed by atoms with Gasteiger partial charge in [-0.3, -0.25) is 14.4 Å². The first kappa shape index (κ1) is 18.7. The van der Waals surface area contributed by atoms with Crippen LogP contribution in [0.1, 0.15) is 13.3 Å². The van der Waals surface area contributed by atoms with Crippen molar-refractivity contribution in [2.45, 2.75) is 19.4 Å². The number of nitrogens with one attached hydrogen (secondary N) is 1. The first-order valence-electron chi connectivity index (χ1n) is 8.07. The topological polar surface area (TPSA) is 79.0 Å². The number of benzene rings is 1. The molecule has 0 unspecified atom stereocenters. The van der Waals surface area contributed by atoms with Crippen molar-refractivity contribution in [3.63, 3.8) is 0 Å². The lowest BCUT2D eigenvalue weighted by molar-refractivity contribution is -0.147. The molecule has 1 aliphatic rings. The molecule has 25 heavy (non-hydrogen) atoms. The molecule has 1 aliphatic heterocycles. The predicted octanol–water partition coefficient (Wildman–Crippen LogP) is 0.400. The number of ether oxygens (including phenoxy) is 1. The number of amides is 3. The molecule has 2 rings (SSSR count). The molecular formula is C17H22FN3O4. The summed E-state index contributed by atoms with van der Waals surface area (Å²) in [6.07, 6.45) is 0.108. The summed E-state index contributed by atoms with van der Waals surface area (Å²) in [7, 11) is 1.49. The van der Waals surface area contributed by atoms with Gasteiger partial charge < -0.3 is 19.9 Å². The van der Waals surface area contributed by atoms with Crippen molar-refractivity contribution in [3.8, 4) is 5.75 Å². The Morgan fingerprint density at radius 3 is 2.72 bits per heavy atom.